The molecule has 0 N–H and O–H groups in total. The highest BCUT2D eigenvalue weighted by atomic mass is 35.5. The van der Waals surface area contributed by atoms with Crippen molar-refractivity contribution >= 4 is 17.4 Å². The van der Waals surface area contributed by atoms with Gasteiger partial charge in [0.05, 0.1) is 0 Å². The summed E-state index contributed by atoms with van der Waals surface area (Å²) in [6.07, 6.45) is 5.84. The molecule has 76 valence electrons. The first-order valence-electron chi connectivity index (χ1n) is 4.99. The van der Waals surface area contributed by atoms with Crippen LogP contribution in [0.3, 0.4) is 0 Å². The molecular formula is C10H14ClN3. The van der Waals surface area contributed by atoms with Gasteiger partial charge in [-0.3, -0.25) is 0 Å². The maximum absolute atomic E-state index is 5.99. The van der Waals surface area contributed by atoms with Crippen molar-refractivity contribution in [2.45, 2.75) is 19.8 Å². The predicted octanol–water partition coefficient (Wildman–Crippen LogP) is 2.37. The van der Waals surface area contributed by atoms with Crippen molar-refractivity contribution in [3.05, 3.63) is 17.5 Å². The van der Waals surface area contributed by atoms with Crippen LogP contribution in [0.25, 0.3) is 0 Å². The van der Waals surface area contributed by atoms with Crippen LogP contribution in [0.5, 0.6) is 0 Å². The van der Waals surface area contributed by atoms with E-state index in [1.807, 2.05) is 0 Å². The molecule has 1 aromatic rings. The van der Waals surface area contributed by atoms with Crippen LogP contribution < -0.4 is 4.90 Å². The molecule has 4 heteroatoms. The maximum atomic E-state index is 5.99. The number of hydrogen-bond acceptors (Lipinski definition) is 3. The summed E-state index contributed by atoms with van der Waals surface area (Å²) in [5.74, 6) is 1.56. The Bertz CT molecular complexity index is 316. The van der Waals surface area contributed by atoms with Crippen molar-refractivity contribution in [2.24, 2.45) is 5.92 Å². The average molecular weight is 212 g/mol. The molecule has 1 atom stereocenters. The molecule has 0 aliphatic carbocycles. The summed E-state index contributed by atoms with van der Waals surface area (Å²) < 4.78 is 0. The van der Waals surface area contributed by atoms with Gasteiger partial charge in [0.25, 0.3) is 0 Å². The Morgan fingerprint density at radius 1 is 1.43 bits per heavy atom. The topological polar surface area (TPSA) is 29.0 Å². The molecule has 2 rings (SSSR count). The molecule has 1 aliphatic rings. The van der Waals surface area contributed by atoms with Gasteiger partial charge in [-0.05, 0) is 18.8 Å². The van der Waals surface area contributed by atoms with Crippen molar-refractivity contribution in [3.63, 3.8) is 0 Å². The molecule has 1 aromatic heterocycles. The SMILES string of the molecule is CC1CCCN(c2nccnc2Cl)C1. The van der Waals surface area contributed by atoms with Crippen LogP contribution in [0.2, 0.25) is 5.15 Å². The van der Waals surface area contributed by atoms with Gasteiger partial charge in [-0.2, -0.15) is 0 Å². The van der Waals surface area contributed by atoms with E-state index >= 15 is 0 Å². The van der Waals surface area contributed by atoms with E-state index < -0.39 is 0 Å². The van der Waals surface area contributed by atoms with E-state index in [4.69, 9.17) is 11.6 Å². The third kappa shape index (κ3) is 1.98. The minimum Gasteiger partial charge on any atom is -0.354 e. The first kappa shape index (κ1) is 9.71. The fraction of sp³-hybridized carbons (Fsp3) is 0.600. The first-order valence-corrected chi connectivity index (χ1v) is 5.36. The maximum Gasteiger partial charge on any atom is 0.171 e. The summed E-state index contributed by atoms with van der Waals surface area (Å²) >= 11 is 5.99. The molecule has 2 heterocycles. The Morgan fingerprint density at radius 3 is 2.93 bits per heavy atom. The van der Waals surface area contributed by atoms with E-state index in [-0.39, 0.29) is 0 Å². The highest BCUT2D eigenvalue weighted by molar-refractivity contribution is 6.31. The second-order valence-corrected chi connectivity index (χ2v) is 4.22. The summed E-state index contributed by atoms with van der Waals surface area (Å²) in [6, 6.07) is 0. The Hall–Kier alpha value is -0.830. The van der Waals surface area contributed by atoms with E-state index in [1.54, 1.807) is 12.4 Å². The zero-order valence-corrected chi connectivity index (χ0v) is 9.04. The van der Waals surface area contributed by atoms with Gasteiger partial charge in [-0.15, -0.1) is 0 Å². The lowest BCUT2D eigenvalue weighted by molar-refractivity contribution is 0.444. The third-order valence-electron chi connectivity index (χ3n) is 2.59. The smallest absolute Gasteiger partial charge is 0.171 e. The van der Waals surface area contributed by atoms with Crippen molar-refractivity contribution in [3.8, 4) is 0 Å². The van der Waals surface area contributed by atoms with Gasteiger partial charge in [0.15, 0.2) is 11.0 Å². The molecular weight excluding hydrogens is 198 g/mol. The molecule has 0 aromatic carbocycles. The highest BCUT2D eigenvalue weighted by Crippen LogP contribution is 2.25. The van der Waals surface area contributed by atoms with Crippen LogP contribution in [0.15, 0.2) is 12.4 Å². The van der Waals surface area contributed by atoms with Crippen LogP contribution in [0.1, 0.15) is 19.8 Å². The molecule has 0 bridgehead atoms. The van der Waals surface area contributed by atoms with Gasteiger partial charge in [0.1, 0.15) is 0 Å². The van der Waals surface area contributed by atoms with Crippen molar-refractivity contribution < 1.29 is 0 Å². The van der Waals surface area contributed by atoms with Crippen LogP contribution >= 0.6 is 11.6 Å². The van der Waals surface area contributed by atoms with Gasteiger partial charge in [-0.1, -0.05) is 18.5 Å². The van der Waals surface area contributed by atoms with Gasteiger partial charge in [-0.25, -0.2) is 9.97 Å². The largest absolute Gasteiger partial charge is 0.354 e. The van der Waals surface area contributed by atoms with Crippen molar-refractivity contribution in [2.75, 3.05) is 18.0 Å². The van der Waals surface area contributed by atoms with Gasteiger partial charge < -0.3 is 4.90 Å². The molecule has 1 fully saturated rings. The van der Waals surface area contributed by atoms with E-state index in [1.165, 1.54) is 12.8 Å². The number of hydrogen-bond donors (Lipinski definition) is 0. The van der Waals surface area contributed by atoms with Gasteiger partial charge >= 0.3 is 0 Å². The fourth-order valence-corrected chi connectivity index (χ4v) is 2.13. The zero-order valence-electron chi connectivity index (χ0n) is 8.28. The number of rotatable bonds is 1. The lowest BCUT2D eigenvalue weighted by atomic mass is 10.0. The number of anilines is 1. The fourth-order valence-electron chi connectivity index (χ4n) is 1.91. The number of nitrogens with zero attached hydrogens (tertiary/aromatic N) is 3. The minimum atomic E-state index is 0.515. The Labute approximate surface area is 89.1 Å². The number of piperidine rings is 1. The molecule has 3 nitrogen and oxygen atoms in total. The summed E-state index contributed by atoms with van der Waals surface area (Å²) in [5, 5.41) is 0.515. The average Bonchev–Trinajstić information content (AvgIpc) is 2.18. The molecule has 1 unspecified atom stereocenters. The normalized spacial score (nSPS) is 22.4. The van der Waals surface area contributed by atoms with Crippen LogP contribution in [0, 0.1) is 5.92 Å². The van der Waals surface area contributed by atoms with E-state index in [0.29, 0.717) is 5.15 Å². The predicted molar refractivity (Wildman–Crippen MR) is 57.7 cm³/mol. The lowest BCUT2D eigenvalue weighted by Gasteiger charge is -2.31. The summed E-state index contributed by atoms with van der Waals surface area (Å²) in [4.78, 5) is 10.5. The molecule has 0 amide bonds. The second-order valence-electron chi connectivity index (χ2n) is 3.86. The zero-order chi connectivity index (χ0) is 9.97. The summed E-state index contributed by atoms with van der Waals surface area (Å²) in [5.41, 5.74) is 0. The number of halogens is 1. The monoisotopic (exact) mass is 211 g/mol. The lowest BCUT2D eigenvalue weighted by Crippen LogP contribution is -2.35. The van der Waals surface area contributed by atoms with E-state index in [9.17, 15) is 0 Å². The molecule has 0 saturated carbocycles. The standard InChI is InChI=1S/C10H14ClN3/c1-8-3-2-6-14(7-8)10-9(11)12-4-5-13-10/h4-5,8H,2-3,6-7H2,1H3. The molecule has 14 heavy (non-hydrogen) atoms. The van der Waals surface area contributed by atoms with Crippen LogP contribution in [0.4, 0.5) is 5.82 Å². The van der Waals surface area contributed by atoms with E-state index in [2.05, 4.69) is 21.8 Å². The molecule has 0 radical (unpaired) electrons. The molecule has 1 saturated heterocycles. The first-order chi connectivity index (χ1) is 6.77. The van der Waals surface area contributed by atoms with Gasteiger partial charge in [0.2, 0.25) is 0 Å². The molecule has 1 aliphatic heterocycles. The minimum absolute atomic E-state index is 0.515. The summed E-state index contributed by atoms with van der Waals surface area (Å²) in [7, 11) is 0. The van der Waals surface area contributed by atoms with E-state index in [0.717, 1.165) is 24.8 Å². The van der Waals surface area contributed by atoms with Gasteiger partial charge in [0, 0.05) is 25.5 Å². The van der Waals surface area contributed by atoms with Crippen LogP contribution in [-0.2, 0) is 0 Å². The Morgan fingerprint density at radius 2 is 2.21 bits per heavy atom. The second kappa shape index (κ2) is 4.13. The summed E-state index contributed by atoms with van der Waals surface area (Å²) in [6.45, 7) is 4.34. The highest BCUT2D eigenvalue weighted by Gasteiger charge is 2.19. The van der Waals surface area contributed by atoms with Crippen molar-refractivity contribution in [1.82, 2.24) is 9.97 Å². The Kier molecular flexibility index (Phi) is 2.87. The van der Waals surface area contributed by atoms with Crippen molar-refractivity contribution in [1.29, 1.82) is 0 Å². The van der Waals surface area contributed by atoms with Crippen LogP contribution in [-0.4, -0.2) is 23.1 Å². The third-order valence-corrected chi connectivity index (χ3v) is 2.86. The quantitative estimate of drug-likeness (QED) is 0.714. The Balaban J connectivity index is 2.18. The number of aromatic nitrogens is 2. The molecule has 0 spiro atoms.